The summed E-state index contributed by atoms with van der Waals surface area (Å²) in [4.78, 5) is 4.89. The number of unbranched alkanes of at least 4 members (excludes halogenated alkanes) is 17. The first-order valence-corrected chi connectivity index (χ1v) is 20.5. The first-order valence-electron chi connectivity index (χ1n) is 18.0. The monoisotopic (exact) mass is 653 g/mol. The lowest BCUT2D eigenvalue weighted by atomic mass is 10.0. The Bertz CT molecular complexity index is 1740. The fourth-order valence-electron chi connectivity index (χ4n) is 6.82. The van der Waals surface area contributed by atoms with Gasteiger partial charge in [0.2, 0.25) is 0 Å². The molecule has 3 heterocycles. The van der Waals surface area contributed by atoms with E-state index in [9.17, 15) is 0 Å². The molecule has 0 unspecified atom stereocenters. The van der Waals surface area contributed by atoms with Gasteiger partial charge in [-0.05, 0) is 42.7 Å². The molecule has 45 heavy (non-hydrogen) atoms. The van der Waals surface area contributed by atoms with Gasteiger partial charge in [-0.3, -0.25) is 0 Å². The van der Waals surface area contributed by atoms with Crippen LogP contribution in [0.25, 0.3) is 50.4 Å². The highest BCUT2D eigenvalue weighted by atomic mass is 32.1. The summed E-state index contributed by atoms with van der Waals surface area (Å²) in [7, 11) is 0. The normalized spacial score (nSPS) is 12.0. The fraction of sp³-hybridized carbons (Fsp3) is 0.488. The number of aromatic nitrogens is 1. The first-order chi connectivity index (χ1) is 22.3. The Kier molecular flexibility index (Phi) is 12.4. The maximum Gasteiger partial charge on any atom is 0.124 e. The van der Waals surface area contributed by atoms with Crippen molar-refractivity contribution in [3.8, 4) is 10.6 Å². The zero-order valence-electron chi connectivity index (χ0n) is 27.4. The Morgan fingerprint density at radius 1 is 0.489 bits per heavy atom. The number of hydrogen-bond donors (Lipinski definition) is 0. The Labute approximate surface area is 283 Å². The van der Waals surface area contributed by atoms with Crippen molar-refractivity contribution in [2.45, 2.75) is 129 Å². The highest BCUT2D eigenvalue weighted by Gasteiger charge is 2.14. The number of fused-ring (bicyclic) bond motifs is 6. The largest absolute Gasteiger partial charge is 0.236 e. The van der Waals surface area contributed by atoms with Crippen LogP contribution in [0.5, 0.6) is 0 Å². The second-order valence-corrected chi connectivity index (χ2v) is 16.3. The second kappa shape index (κ2) is 17.0. The zero-order valence-corrected chi connectivity index (χ0v) is 29.8. The van der Waals surface area contributed by atoms with Crippen LogP contribution < -0.4 is 0 Å². The summed E-state index contributed by atoms with van der Waals surface area (Å²) in [5.74, 6) is 0. The van der Waals surface area contributed by atoms with Crippen molar-refractivity contribution >= 4 is 73.8 Å². The molecule has 0 amide bonds. The van der Waals surface area contributed by atoms with Crippen molar-refractivity contribution in [3.05, 3.63) is 66.2 Å². The molecule has 0 atom stereocenters. The van der Waals surface area contributed by atoms with E-state index in [-0.39, 0.29) is 0 Å². The molecule has 0 radical (unpaired) electrons. The van der Waals surface area contributed by atoms with Gasteiger partial charge in [0.05, 0.1) is 19.6 Å². The van der Waals surface area contributed by atoms with Gasteiger partial charge in [0.15, 0.2) is 0 Å². The van der Waals surface area contributed by atoms with Crippen LogP contribution in [0.3, 0.4) is 0 Å². The zero-order chi connectivity index (χ0) is 30.7. The van der Waals surface area contributed by atoms with Gasteiger partial charge in [0, 0.05) is 25.7 Å². The van der Waals surface area contributed by atoms with Crippen LogP contribution in [0.4, 0.5) is 0 Å². The Morgan fingerprint density at radius 3 is 1.62 bits per heavy atom. The minimum atomic E-state index is 1.09. The van der Waals surface area contributed by atoms with Gasteiger partial charge in [0.1, 0.15) is 5.01 Å². The molecule has 0 saturated heterocycles. The number of thiophene rings is 2. The maximum absolute atomic E-state index is 4.89. The molecule has 0 saturated carbocycles. The third kappa shape index (κ3) is 8.76. The number of aryl methyl sites for hydroxylation is 1. The van der Waals surface area contributed by atoms with Gasteiger partial charge in [-0.25, -0.2) is 4.98 Å². The molecule has 6 rings (SSSR count). The van der Waals surface area contributed by atoms with Crippen molar-refractivity contribution in [3.63, 3.8) is 0 Å². The van der Waals surface area contributed by atoms with E-state index in [1.165, 1.54) is 167 Å². The molecule has 3 aromatic heterocycles. The third-order valence-corrected chi connectivity index (χ3v) is 13.1. The standard InChI is InChI=1S/C41H51NS3/c1-2-3-4-5-6-7-8-9-10-11-12-13-14-15-16-17-18-19-22-31-25-27-33-37(29-31)43-40-34-28-26-32(30-38(34)44-39(33)40)41-42-35-23-20-21-24-36(35)45-41/h20-21,23-30H,2-19,22H2,1H3. The molecular weight excluding hydrogens is 603 g/mol. The molecule has 6 aromatic rings. The number of rotatable bonds is 20. The van der Waals surface area contributed by atoms with Gasteiger partial charge in [0.25, 0.3) is 0 Å². The van der Waals surface area contributed by atoms with Crippen LogP contribution >= 0.6 is 34.0 Å². The summed E-state index contributed by atoms with van der Waals surface area (Å²) in [6.45, 7) is 2.30. The van der Waals surface area contributed by atoms with Crippen molar-refractivity contribution in [2.24, 2.45) is 0 Å². The SMILES string of the molecule is CCCCCCCCCCCCCCCCCCCCc1ccc2c(c1)sc1c3ccc(-c4nc5ccccc5s4)cc3sc21. The van der Waals surface area contributed by atoms with Gasteiger partial charge in [-0.15, -0.1) is 34.0 Å². The average Bonchev–Trinajstić information content (AvgIpc) is 3.75. The molecule has 0 fully saturated rings. The molecule has 3 aromatic carbocycles. The predicted molar refractivity (Wildman–Crippen MR) is 206 cm³/mol. The third-order valence-electron chi connectivity index (χ3n) is 9.51. The molecule has 0 bridgehead atoms. The molecule has 0 aliphatic heterocycles. The number of thiazole rings is 1. The Hall–Kier alpha value is -2.27. The number of para-hydroxylation sites is 1. The minimum Gasteiger partial charge on any atom is -0.236 e. The van der Waals surface area contributed by atoms with Gasteiger partial charge >= 0.3 is 0 Å². The van der Waals surface area contributed by atoms with Crippen molar-refractivity contribution in [1.82, 2.24) is 4.98 Å². The van der Waals surface area contributed by atoms with Gasteiger partial charge in [-0.1, -0.05) is 152 Å². The van der Waals surface area contributed by atoms with E-state index in [1.807, 2.05) is 22.7 Å². The van der Waals surface area contributed by atoms with E-state index >= 15 is 0 Å². The summed E-state index contributed by atoms with van der Waals surface area (Å²) in [5.41, 5.74) is 3.83. The smallest absolute Gasteiger partial charge is 0.124 e. The highest BCUT2D eigenvalue weighted by Crippen LogP contribution is 2.45. The molecule has 0 aliphatic carbocycles. The van der Waals surface area contributed by atoms with Crippen molar-refractivity contribution in [2.75, 3.05) is 0 Å². The van der Waals surface area contributed by atoms with Crippen LogP contribution in [0.2, 0.25) is 0 Å². The van der Waals surface area contributed by atoms with E-state index in [1.54, 1.807) is 11.3 Å². The number of nitrogens with zero attached hydrogens (tertiary/aromatic N) is 1. The maximum atomic E-state index is 4.89. The first kappa shape index (κ1) is 32.7. The fourth-order valence-corrected chi connectivity index (χ4v) is 10.5. The number of hydrogen-bond acceptors (Lipinski definition) is 4. The van der Waals surface area contributed by atoms with Gasteiger partial charge in [-0.2, -0.15) is 0 Å². The minimum absolute atomic E-state index is 1.09. The van der Waals surface area contributed by atoms with E-state index in [0.717, 1.165) is 10.5 Å². The average molecular weight is 654 g/mol. The van der Waals surface area contributed by atoms with Gasteiger partial charge < -0.3 is 0 Å². The predicted octanol–water partition coefficient (Wildman–Crippen LogP) is 15.1. The van der Waals surface area contributed by atoms with Crippen LogP contribution in [0.15, 0.2) is 60.7 Å². The van der Waals surface area contributed by atoms with E-state index in [4.69, 9.17) is 4.98 Å². The molecule has 0 N–H and O–H groups in total. The number of benzene rings is 3. The lowest BCUT2D eigenvalue weighted by Crippen LogP contribution is -1.86. The van der Waals surface area contributed by atoms with Crippen LogP contribution in [-0.4, -0.2) is 4.98 Å². The van der Waals surface area contributed by atoms with E-state index < -0.39 is 0 Å². The summed E-state index contributed by atoms with van der Waals surface area (Å²) in [6, 6.07) is 22.6. The highest BCUT2D eigenvalue weighted by molar-refractivity contribution is 7.36. The lowest BCUT2D eigenvalue weighted by Gasteiger charge is -2.04. The van der Waals surface area contributed by atoms with E-state index in [2.05, 4.69) is 67.6 Å². The van der Waals surface area contributed by atoms with Crippen LogP contribution in [0, 0.1) is 0 Å². The molecular formula is C41H51NS3. The summed E-state index contributed by atoms with van der Waals surface area (Å²) < 4.78 is 6.98. The molecule has 238 valence electrons. The van der Waals surface area contributed by atoms with Crippen molar-refractivity contribution in [1.29, 1.82) is 0 Å². The molecule has 0 aliphatic rings. The quantitative estimate of drug-likeness (QED) is 0.0747. The molecule has 0 spiro atoms. The Morgan fingerprint density at radius 2 is 1.02 bits per heavy atom. The summed E-state index contributed by atoms with van der Waals surface area (Å²) in [6.07, 6.45) is 27.0. The molecule has 4 heteroatoms. The second-order valence-electron chi connectivity index (χ2n) is 13.2. The van der Waals surface area contributed by atoms with Crippen molar-refractivity contribution < 1.29 is 0 Å². The van der Waals surface area contributed by atoms with Crippen LogP contribution in [0.1, 0.15) is 128 Å². The lowest BCUT2D eigenvalue weighted by molar-refractivity contribution is 0.525. The Balaban J connectivity index is 0.883. The summed E-state index contributed by atoms with van der Waals surface area (Å²) in [5, 5.41) is 3.94. The summed E-state index contributed by atoms with van der Waals surface area (Å²) >= 11 is 5.72. The molecule has 1 nitrogen and oxygen atoms in total. The van der Waals surface area contributed by atoms with E-state index in [0.29, 0.717) is 0 Å². The van der Waals surface area contributed by atoms with Crippen LogP contribution in [-0.2, 0) is 6.42 Å². The topological polar surface area (TPSA) is 12.9 Å².